The second kappa shape index (κ2) is 51.6. The van der Waals surface area contributed by atoms with Crippen molar-refractivity contribution >= 4 is 76.8 Å². The van der Waals surface area contributed by atoms with E-state index in [1.807, 2.05) is 6.92 Å². The lowest BCUT2D eigenvalue weighted by molar-refractivity contribution is -0.291. The van der Waals surface area contributed by atoms with E-state index in [0.29, 0.717) is 6.61 Å². The smallest absolute Gasteiger partial charge is 0.455 e. The zero-order valence-electron chi connectivity index (χ0n) is 61.7. The molecule has 0 amide bonds. The molecule has 0 aromatic rings. The van der Waals surface area contributed by atoms with E-state index < -0.39 is 76.8 Å². The Morgan fingerprint density at radius 3 is 0.557 bits per heavy atom. The number of hydrogen-bond donors (Lipinski definition) is 0. The summed E-state index contributed by atoms with van der Waals surface area (Å²) in [4.78, 5) is 10.1. The molecule has 15 nitrogen and oxygen atoms in total. The van der Waals surface area contributed by atoms with E-state index in [-0.39, 0.29) is 0 Å². The van der Waals surface area contributed by atoms with Crippen LogP contribution in [0.2, 0.25) is 120 Å². The molecule has 0 aliphatic carbocycles. The number of rotatable bonds is 67. The third-order valence-electron chi connectivity index (χ3n) is 17.9. The normalized spacial score (nSPS) is 13.6. The van der Waals surface area contributed by atoms with Crippen molar-refractivity contribution in [3.05, 3.63) is 0 Å². The highest BCUT2D eigenvalue weighted by molar-refractivity contribution is 6.91. The molecule has 0 spiro atoms. The number of hydrogen-bond acceptors (Lipinski definition) is 15. The minimum atomic E-state index is -3.12. The van der Waals surface area contributed by atoms with Crippen LogP contribution in [0.1, 0.15) is 219 Å². The minimum Gasteiger partial charge on any atom is -0.455 e. The molecule has 0 unspecified atom stereocenters. The monoisotopic (exact) mass is 1410 g/mol. The summed E-state index contributed by atoms with van der Waals surface area (Å²) in [6.07, 6.45) is 40.4. The molecule has 0 N–H and O–H groups in total. The Labute approximate surface area is 555 Å². The van der Waals surface area contributed by atoms with Gasteiger partial charge in [-0.3, -0.25) is 0 Å². The van der Waals surface area contributed by atoms with Gasteiger partial charge in [0, 0.05) is 88.2 Å². The van der Waals surface area contributed by atoms with Gasteiger partial charge in [-0.1, -0.05) is 180 Å². The van der Waals surface area contributed by atoms with Crippen LogP contribution in [-0.2, 0) is 66.1 Å². The predicted molar refractivity (Wildman–Crippen MR) is 391 cm³/mol. The van der Waals surface area contributed by atoms with Gasteiger partial charge in [0.2, 0.25) is 0 Å². The van der Waals surface area contributed by atoms with E-state index in [1.165, 1.54) is 192 Å². The lowest BCUT2D eigenvalue weighted by atomic mass is 10.1. The molecule has 0 bridgehead atoms. The van der Waals surface area contributed by atoms with Gasteiger partial charge in [-0.25, -0.2) is 9.78 Å². The molecular weight excluding hydrogens is 1260 g/mol. The maximum Gasteiger partial charge on any atom is 0.500 e. The van der Waals surface area contributed by atoms with Crippen molar-refractivity contribution in [2.24, 2.45) is 0 Å². The van der Waals surface area contributed by atoms with Crippen LogP contribution in [0.3, 0.4) is 0 Å². The molecule has 0 aliphatic heterocycles. The first-order valence-electron chi connectivity index (χ1n) is 35.8. The molecule has 0 saturated heterocycles. The Morgan fingerprint density at radius 1 is 0.182 bits per heavy atom. The van der Waals surface area contributed by atoms with Gasteiger partial charge in [0.25, 0.3) is 0 Å². The average molecular weight is 1410 g/mol. The lowest BCUT2D eigenvalue weighted by Gasteiger charge is -2.45. The molecule has 0 aliphatic rings. The summed E-state index contributed by atoms with van der Waals surface area (Å²) in [5, 5.41) is 0. The van der Waals surface area contributed by atoms with Gasteiger partial charge in [-0.05, 0) is 135 Å². The standard InChI is InChI=1S/C64H148O15Si9/c1-21-74-75-55-45-35-25-23-22-24-26-36-46-56-80(11,12)76-81(13,14)57-47-37-30-34-44-54-64-88(77-82(15,16)58-48-38-27-31-41-51-61-85(65-2,66-3)67-4,78-83(17,18)59-49-39-28-32-42-52-62-86(68-5,69-6)70-7)79-84(19,20)60-50-40-29-33-43-53-63-87(71-8,72-9)73-10/h21-64H2,1-20H3. The second-order valence-corrected chi connectivity index (χ2v) is 62.9. The van der Waals surface area contributed by atoms with Crippen LogP contribution in [0, 0.1) is 0 Å². The Bertz CT molecular complexity index is 1450. The molecule has 0 radical (unpaired) electrons. The fraction of sp³-hybridized carbons (Fsp3) is 1.00. The Hall–Kier alpha value is 1.35. The van der Waals surface area contributed by atoms with Crippen molar-refractivity contribution in [1.29, 1.82) is 0 Å². The van der Waals surface area contributed by atoms with Crippen LogP contribution < -0.4 is 0 Å². The summed E-state index contributed by atoms with van der Waals surface area (Å²) >= 11 is 0. The second-order valence-electron chi connectivity index (χ2n) is 28.4. The minimum absolute atomic E-state index is 0.623. The van der Waals surface area contributed by atoms with Crippen LogP contribution in [0.15, 0.2) is 0 Å². The molecule has 0 saturated carbocycles. The van der Waals surface area contributed by atoms with E-state index in [0.717, 1.165) is 81.0 Å². The van der Waals surface area contributed by atoms with Crippen molar-refractivity contribution < 1.29 is 66.1 Å². The molecule has 0 aromatic heterocycles. The van der Waals surface area contributed by atoms with Crippen LogP contribution in [0.5, 0.6) is 0 Å². The van der Waals surface area contributed by atoms with Crippen molar-refractivity contribution in [1.82, 2.24) is 0 Å². The van der Waals surface area contributed by atoms with E-state index in [1.54, 1.807) is 64.0 Å². The zero-order valence-corrected chi connectivity index (χ0v) is 70.7. The molecule has 24 heteroatoms. The van der Waals surface area contributed by atoms with Crippen molar-refractivity contribution in [2.75, 3.05) is 77.2 Å². The quantitative estimate of drug-likeness (QED) is 0.0247. The van der Waals surface area contributed by atoms with Gasteiger partial charge in [-0.15, -0.1) is 0 Å². The molecule has 88 heavy (non-hydrogen) atoms. The Kier molecular flexibility index (Phi) is 52.3. The van der Waals surface area contributed by atoms with Crippen molar-refractivity contribution in [3.63, 3.8) is 0 Å². The van der Waals surface area contributed by atoms with Gasteiger partial charge in [0.05, 0.1) is 13.2 Å². The third kappa shape index (κ3) is 45.0. The summed E-state index contributed by atoms with van der Waals surface area (Å²) < 4.78 is 81.9. The van der Waals surface area contributed by atoms with Gasteiger partial charge in [-0.2, -0.15) is 0 Å². The van der Waals surface area contributed by atoms with E-state index >= 15 is 0 Å². The van der Waals surface area contributed by atoms with Crippen LogP contribution >= 0.6 is 0 Å². The highest BCUT2D eigenvalue weighted by Gasteiger charge is 2.52. The Morgan fingerprint density at radius 2 is 0.352 bits per heavy atom. The molecule has 530 valence electrons. The fourth-order valence-corrected chi connectivity index (χ4v) is 45.2. The van der Waals surface area contributed by atoms with Crippen molar-refractivity contribution in [2.45, 2.75) is 339 Å². The van der Waals surface area contributed by atoms with Gasteiger partial charge in [0.15, 0.2) is 41.6 Å². The van der Waals surface area contributed by atoms with Crippen LogP contribution in [0.4, 0.5) is 0 Å². The SMILES string of the molecule is CCOOCCCCCCCCCCC[Si](C)(C)O[Si](C)(C)CCCCCCCC[Si](O[Si](C)(C)CCCCCCCC[Si](OC)(OC)OC)(O[Si](C)(C)CCCCCCCC[Si](OC)(OC)OC)O[Si](C)(C)CCCCCCCC[Si](OC)(OC)OC. The molecule has 0 rings (SSSR count). The molecule has 0 aromatic carbocycles. The third-order valence-corrected chi connectivity index (χ3v) is 49.9. The predicted octanol–water partition coefficient (Wildman–Crippen LogP) is 20.5. The van der Waals surface area contributed by atoms with Crippen molar-refractivity contribution in [3.8, 4) is 0 Å². The molecular formula is C64H148O15Si9. The first-order valence-corrected chi connectivity index (χ1v) is 59.1. The first kappa shape index (κ1) is 89.4. The largest absolute Gasteiger partial charge is 0.500 e. The maximum atomic E-state index is 7.86. The Balaban J connectivity index is 6.04. The summed E-state index contributed by atoms with van der Waals surface area (Å²) in [6.45, 7) is 28.1. The topological polar surface area (TPSA) is 138 Å². The molecule has 0 heterocycles. The molecule has 0 atom stereocenters. The summed E-state index contributed by atoms with van der Waals surface area (Å²) in [6, 6.07) is 9.50. The first-order chi connectivity index (χ1) is 41.8. The maximum absolute atomic E-state index is 7.86. The van der Waals surface area contributed by atoms with Gasteiger partial charge in [0.1, 0.15) is 0 Å². The van der Waals surface area contributed by atoms with Crippen LogP contribution in [-0.4, -0.2) is 154 Å². The summed E-state index contributed by atoms with van der Waals surface area (Å²) in [7, 11) is -5.27. The summed E-state index contributed by atoms with van der Waals surface area (Å²) in [5.74, 6) is 0. The summed E-state index contributed by atoms with van der Waals surface area (Å²) in [5.41, 5.74) is 0. The fourth-order valence-electron chi connectivity index (χ4n) is 12.6. The van der Waals surface area contributed by atoms with E-state index in [9.17, 15) is 0 Å². The van der Waals surface area contributed by atoms with E-state index in [2.05, 4.69) is 65.5 Å². The van der Waals surface area contributed by atoms with Gasteiger partial charge < -0.3 is 56.3 Å². The van der Waals surface area contributed by atoms with Crippen LogP contribution in [0.25, 0.3) is 0 Å². The van der Waals surface area contributed by atoms with E-state index in [4.69, 9.17) is 66.1 Å². The van der Waals surface area contributed by atoms with Gasteiger partial charge >= 0.3 is 35.2 Å². The highest BCUT2D eigenvalue weighted by Crippen LogP contribution is 2.37. The zero-order chi connectivity index (χ0) is 66.2. The molecule has 0 fully saturated rings. The highest BCUT2D eigenvalue weighted by atomic mass is 28.5. The lowest BCUT2D eigenvalue weighted by Crippen LogP contribution is -2.61. The number of unbranched alkanes of at least 4 members (excludes halogenated alkanes) is 28. The average Bonchev–Trinajstić information content (AvgIpc) is 0.917.